The Morgan fingerprint density at radius 1 is 0.444 bits per heavy atom. The Hall–Kier alpha value is -1.14. The van der Waals surface area contributed by atoms with E-state index in [1.165, 1.54) is 173 Å². The molecule has 0 heterocycles. The van der Waals surface area contributed by atoms with Gasteiger partial charge in [-0.3, -0.25) is 9.59 Å². The monoisotopic (exact) mass is 765 g/mol. The molecule has 6 heteroatoms. The largest absolute Gasteiger partial charge is 0.465 e. The van der Waals surface area contributed by atoms with Gasteiger partial charge in [0.2, 0.25) is 0 Å². The highest BCUT2D eigenvalue weighted by molar-refractivity contribution is 5.69. The number of hydrogen-bond donors (Lipinski definition) is 1. The van der Waals surface area contributed by atoms with Crippen LogP contribution in [0.5, 0.6) is 0 Å². The van der Waals surface area contributed by atoms with Crippen molar-refractivity contribution in [3.8, 4) is 0 Å². The predicted molar refractivity (Wildman–Crippen MR) is 234 cm³/mol. The molecular weight excluding hydrogens is 669 g/mol. The van der Waals surface area contributed by atoms with Crippen LogP contribution in [0.25, 0.3) is 0 Å². The highest BCUT2D eigenvalue weighted by Crippen LogP contribution is 2.21. The summed E-state index contributed by atoms with van der Waals surface area (Å²) in [6.07, 6.45) is 39.3. The predicted octanol–water partition coefficient (Wildman–Crippen LogP) is 13.8. The molecule has 0 radical (unpaired) electrons. The molecule has 0 spiro atoms. The van der Waals surface area contributed by atoms with Crippen molar-refractivity contribution >= 4 is 11.9 Å². The number of esters is 2. The van der Waals surface area contributed by atoms with E-state index in [9.17, 15) is 9.59 Å². The van der Waals surface area contributed by atoms with Crippen molar-refractivity contribution < 1.29 is 19.1 Å². The number of rotatable bonds is 43. The molecule has 0 aliphatic carbocycles. The maximum absolute atomic E-state index is 12.4. The first-order valence-electron chi connectivity index (χ1n) is 24.0. The molecule has 0 aliphatic rings. The number of ether oxygens (including phenoxy) is 2. The molecule has 0 saturated heterocycles. The zero-order chi connectivity index (χ0) is 39.7. The SMILES string of the molecule is CCCCCCC(CCCC)COC(=O)CCCCCCCCC(CCCCCCCCC(=O)OCC(CCCC)CCCCCC)NCCCN(C)C. The van der Waals surface area contributed by atoms with Crippen LogP contribution in [-0.4, -0.2) is 63.3 Å². The Balaban J connectivity index is 4.15. The fourth-order valence-corrected chi connectivity index (χ4v) is 7.68. The van der Waals surface area contributed by atoms with Crippen LogP contribution in [0.15, 0.2) is 0 Å². The van der Waals surface area contributed by atoms with Crippen molar-refractivity contribution in [1.29, 1.82) is 0 Å². The summed E-state index contributed by atoms with van der Waals surface area (Å²) in [5.41, 5.74) is 0. The summed E-state index contributed by atoms with van der Waals surface area (Å²) in [6, 6.07) is 0.622. The number of unbranched alkanes of at least 4 members (excludes halogenated alkanes) is 18. The van der Waals surface area contributed by atoms with Crippen LogP contribution in [-0.2, 0) is 19.1 Å². The van der Waals surface area contributed by atoms with Crippen LogP contribution >= 0.6 is 0 Å². The van der Waals surface area contributed by atoms with Gasteiger partial charge in [0.1, 0.15) is 0 Å². The third-order valence-electron chi connectivity index (χ3n) is 11.4. The number of nitrogens with one attached hydrogen (secondary N) is 1. The van der Waals surface area contributed by atoms with Crippen LogP contribution < -0.4 is 5.32 Å². The Kier molecular flexibility index (Phi) is 40.6. The van der Waals surface area contributed by atoms with Gasteiger partial charge in [-0.15, -0.1) is 0 Å². The Bertz CT molecular complexity index is 735. The molecule has 0 aliphatic heterocycles. The fraction of sp³-hybridized carbons (Fsp3) is 0.958. The Labute approximate surface area is 338 Å². The molecule has 0 aromatic heterocycles. The summed E-state index contributed by atoms with van der Waals surface area (Å²) in [5, 5.41) is 3.89. The third kappa shape index (κ3) is 37.8. The van der Waals surface area contributed by atoms with Crippen molar-refractivity contribution in [3.63, 3.8) is 0 Å². The lowest BCUT2D eigenvalue weighted by Gasteiger charge is -2.20. The maximum atomic E-state index is 12.4. The summed E-state index contributed by atoms with van der Waals surface area (Å²) in [4.78, 5) is 27.1. The summed E-state index contributed by atoms with van der Waals surface area (Å²) in [5.74, 6) is 1.13. The molecule has 0 amide bonds. The molecule has 0 rings (SSSR count). The van der Waals surface area contributed by atoms with Crippen molar-refractivity contribution in [3.05, 3.63) is 0 Å². The van der Waals surface area contributed by atoms with E-state index in [0.717, 1.165) is 38.8 Å². The molecule has 0 bridgehead atoms. The smallest absolute Gasteiger partial charge is 0.305 e. The topological polar surface area (TPSA) is 67.9 Å². The fourth-order valence-electron chi connectivity index (χ4n) is 7.68. The highest BCUT2D eigenvalue weighted by Gasteiger charge is 2.14. The van der Waals surface area contributed by atoms with Gasteiger partial charge in [0.25, 0.3) is 0 Å². The molecule has 0 aromatic carbocycles. The van der Waals surface area contributed by atoms with Crippen LogP contribution in [0.2, 0.25) is 0 Å². The summed E-state index contributed by atoms with van der Waals surface area (Å²) >= 11 is 0. The Morgan fingerprint density at radius 3 is 1.20 bits per heavy atom. The van der Waals surface area contributed by atoms with Gasteiger partial charge in [0.15, 0.2) is 0 Å². The average Bonchev–Trinajstić information content (AvgIpc) is 3.16. The molecule has 2 unspecified atom stereocenters. The molecule has 1 N–H and O–H groups in total. The van der Waals surface area contributed by atoms with E-state index in [-0.39, 0.29) is 11.9 Å². The molecule has 6 nitrogen and oxygen atoms in total. The van der Waals surface area contributed by atoms with Gasteiger partial charge in [0.05, 0.1) is 13.2 Å². The normalized spacial score (nSPS) is 13.3. The number of hydrogen-bond acceptors (Lipinski definition) is 6. The van der Waals surface area contributed by atoms with Gasteiger partial charge in [-0.2, -0.15) is 0 Å². The van der Waals surface area contributed by atoms with Crippen molar-refractivity contribution in [2.75, 3.05) is 40.4 Å². The average molecular weight is 765 g/mol. The molecule has 322 valence electrons. The van der Waals surface area contributed by atoms with Gasteiger partial charge in [-0.1, -0.05) is 169 Å². The van der Waals surface area contributed by atoms with Crippen LogP contribution in [0, 0.1) is 11.8 Å². The minimum absolute atomic E-state index is 0.0165. The zero-order valence-electron chi connectivity index (χ0n) is 37.5. The first-order valence-corrected chi connectivity index (χ1v) is 24.0. The summed E-state index contributed by atoms with van der Waals surface area (Å²) < 4.78 is 11.5. The molecule has 2 atom stereocenters. The maximum Gasteiger partial charge on any atom is 0.305 e. The Morgan fingerprint density at radius 2 is 0.796 bits per heavy atom. The van der Waals surface area contributed by atoms with E-state index < -0.39 is 0 Å². The number of carbonyl (C=O) groups excluding carboxylic acids is 2. The summed E-state index contributed by atoms with van der Waals surface area (Å²) in [6.45, 7) is 12.5. The standard InChI is InChI=1S/C48H96N2O4/c1-7-11-15-25-34-44(32-13-9-3)42-53-47(51)38-29-23-19-17-21-27-36-46(49-40-31-41-50(5)6)37-28-22-18-20-24-30-39-48(52)54-43-45(33-14-10-4)35-26-16-12-8-2/h44-46,49H,7-43H2,1-6H3. The highest BCUT2D eigenvalue weighted by atomic mass is 16.5. The lowest BCUT2D eigenvalue weighted by atomic mass is 9.96. The first kappa shape index (κ1) is 52.9. The van der Waals surface area contributed by atoms with E-state index in [1.807, 2.05) is 0 Å². The molecule has 54 heavy (non-hydrogen) atoms. The summed E-state index contributed by atoms with van der Waals surface area (Å²) in [7, 11) is 4.31. The molecular formula is C48H96N2O4. The molecule has 0 aromatic rings. The van der Waals surface area contributed by atoms with Gasteiger partial charge < -0.3 is 19.7 Å². The van der Waals surface area contributed by atoms with E-state index >= 15 is 0 Å². The van der Waals surface area contributed by atoms with E-state index in [4.69, 9.17) is 9.47 Å². The van der Waals surface area contributed by atoms with Gasteiger partial charge >= 0.3 is 11.9 Å². The van der Waals surface area contributed by atoms with Crippen LogP contribution in [0.4, 0.5) is 0 Å². The lowest BCUT2D eigenvalue weighted by Crippen LogP contribution is -2.31. The number of nitrogens with zero attached hydrogens (tertiary/aromatic N) is 1. The lowest BCUT2D eigenvalue weighted by molar-refractivity contribution is -0.146. The van der Waals surface area contributed by atoms with Gasteiger partial charge in [0, 0.05) is 18.9 Å². The second-order valence-electron chi connectivity index (χ2n) is 17.2. The minimum Gasteiger partial charge on any atom is -0.465 e. The van der Waals surface area contributed by atoms with Crippen LogP contribution in [0.1, 0.15) is 240 Å². The van der Waals surface area contributed by atoms with Gasteiger partial charge in [-0.25, -0.2) is 0 Å². The van der Waals surface area contributed by atoms with Crippen molar-refractivity contribution in [2.45, 2.75) is 246 Å². The second kappa shape index (κ2) is 41.5. The first-order chi connectivity index (χ1) is 26.4. The van der Waals surface area contributed by atoms with E-state index in [1.54, 1.807) is 0 Å². The molecule has 0 fully saturated rings. The van der Waals surface area contributed by atoms with E-state index in [2.05, 4.69) is 52.0 Å². The van der Waals surface area contributed by atoms with Gasteiger partial charge in [-0.05, 0) is 96.8 Å². The van der Waals surface area contributed by atoms with Crippen molar-refractivity contribution in [2.24, 2.45) is 11.8 Å². The third-order valence-corrected chi connectivity index (χ3v) is 11.4. The number of carbonyl (C=O) groups is 2. The quantitative estimate of drug-likeness (QED) is 0.0493. The van der Waals surface area contributed by atoms with Crippen molar-refractivity contribution in [1.82, 2.24) is 10.2 Å². The van der Waals surface area contributed by atoms with Crippen LogP contribution in [0.3, 0.4) is 0 Å². The molecule has 0 saturated carbocycles. The van der Waals surface area contributed by atoms with E-state index in [0.29, 0.717) is 43.9 Å². The minimum atomic E-state index is 0.0165. The zero-order valence-corrected chi connectivity index (χ0v) is 37.5. The second-order valence-corrected chi connectivity index (χ2v) is 17.2.